The van der Waals surface area contributed by atoms with E-state index in [0.717, 1.165) is 23.1 Å². The molecule has 1 aromatic carbocycles. The van der Waals surface area contributed by atoms with Crippen molar-refractivity contribution >= 4 is 45.8 Å². The van der Waals surface area contributed by atoms with Gasteiger partial charge in [-0.2, -0.15) is 0 Å². The first-order valence-corrected chi connectivity index (χ1v) is 7.97. The number of aromatic nitrogens is 2. The second-order valence-electron chi connectivity index (χ2n) is 5.24. The Morgan fingerprint density at radius 1 is 1.26 bits per heavy atom. The van der Waals surface area contributed by atoms with Gasteiger partial charge in [-0.1, -0.05) is 23.2 Å². The zero-order valence-electron chi connectivity index (χ0n) is 12.7. The molecule has 6 heteroatoms. The van der Waals surface area contributed by atoms with Gasteiger partial charge in [0.2, 0.25) is 0 Å². The minimum Gasteiger partial charge on any atom is -0.332 e. The number of nitrogens with one attached hydrogen (secondary N) is 1. The fraction of sp³-hybridized carbons (Fsp3) is 0.176. The van der Waals surface area contributed by atoms with Gasteiger partial charge in [-0.15, -0.1) is 0 Å². The maximum atomic E-state index is 12.5. The highest BCUT2D eigenvalue weighted by molar-refractivity contribution is 6.39. The Morgan fingerprint density at radius 2 is 1.96 bits per heavy atom. The third-order valence-corrected chi connectivity index (χ3v) is 4.34. The minimum atomic E-state index is -0.296. The summed E-state index contributed by atoms with van der Waals surface area (Å²) >= 11 is 12.3. The number of amides is 1. The van der Waals surface area contributed by atoms with Gasteiger partial charge in [0.25, 0.3) is 5.91 Å². The Balaban J connectivity index is 1.99. The molecule has 0 saturated heterocycles. The number of aryl methyl sites for hydroxylation is 2. The molecule has 1 N–H and O–H groups in total. The maximum absolute atomic E-state index is 12.5. The van der Waals surface area contributed by atoms with E-state index in [1.807, 2.05) is 24.6 Å². The molecule has 0 aliphatic heterocycles. The molecule has 2 aromatic heterocycles. The van der Waals surface area contributed by atoms with Crippen molar-refractivity contribution in [1.29, 1.82) is 0 Å². The van der Waals surface area contributed by atoms with Crippen molar-refractivity contribution in [2.75, 3.05) is 5.32 Å². The summed E-state index contributed by atoms with van der Waals surface area (Å²) in [5.41, 5.74) is 2.79. The van der Waals surface area contributed by atoms with Crippen LogP contribution in [-0.4, -0.2) is 15.5 Å². The van der Waals surface area contributed by atoms with Crippen LogP contribution in [-0.2, 0) is 6.54 Å². The van der Waals surface area contributed by atoms with Crippen LogP contribution >= 0.6 is 23.2 Å². The molecule has 23 heavy (non-hydrogen) atoms. The largest absolute Gasteiger partial charge is 0.332 e. The molecule has 0 atom stereocenters. The SMILES string of the molecule is CCn1cc(C)c2c(Cl)c(C(=O)Nc3ccc(Cl)cc3)cnc21. The van der Waals surface area contributed by atoms with E-state index in [9.17, 15) is 4.79 Å². The highest BCUT2D eigenvalue weighted by Gasteiger charge is 2.18. The standard InChI is InChI=1S/C17H15Cl2N3O/c1-3-22-9-10(2)14-15(19)13(8-20-16(14)22)17(23)21-12-6-4-11(18)5-7-12/h4-9H,3H2,1-2H3,(H,21,23). The lowest BCUT2D eigenvalue weighted by Gasteiger charge is -2.08. The van der Waals surface area contributed by atoms with Gasteiger partial charge >= 0.3 is 0 Å². The Kier molecular flexibility index (Phi) is 4.28. The fourth-order valence-corrected chi connectivity index (χ4v) is 3.03. The number of anilines is 1. The van der Waals surface area contributed by atoms with Crippen LogP contribution in [0.5, 0.6) is 0 Å². The van der Waals surface area contributed by atoms with Gasteiger partial charge < -0.3 is 9.88 Å². The number of benzene rings is 1. The highest BCUT2D eigenvalue weighted by atomic mass is 35.5. The number of pyridine rings is 1. The third kappa shape index (κ3) is 2.92. The molecule has 0 saturated carbocycles. The second-order valence-corrected chi connectivity index (χ2v) is 6.06. The van der Waals surface area contributed by atoms with Crippen molar-refractivity contribution in [2.24, 2.45) is 0 Å². The van der Waals surface area contributed by atoms with Crippen LogP contribution in [0, 0.1) is 6.92 Å². The molecule has 2 heterocycles. The lowest BCUT2D eigenvalue weighted by atomic mass is 10.1. The van der Waals surface area contributed by atoms with Crippen LogP contribution < -0.4 is 5.32 Å². The van der Waals surface area contributed by atoms with Gasteiger partial charge in [0.05, 0.1) is 10.6 Å². The molecule has 0 spiro atoms. The monoisotopic (exact) mass is 347 g/mol. The molecular weight excluding hydrogens is 333 g/mol. The summed E-state index contributed by atoms with van der Waals surface area (Å²) in [5.74, 6) is -0.296. The number of hydrogen-bond donors (Lipinski definition) is 1. The average molecular weight is 348 g/mol. The van der Waals surface area contributed by atoms with Crippen LogP contribution in [0.25, 0.3) is 11.0 Å². The van der Waals surface area contributed by atoms with Gasteiger partial charge in [0.15, 0.2) is 0 Å². The summed E-state index contributed by atoms with van der Waals surface area (Å²) in [5, 5.41) is 4.65. The molecule has 1 amide bonds. The average Bonchev–Trinajstić information content (AvgIpc) is 2.87. The molecular formula is C17H15Cl2N3O. The van der Waals surface area contributed by atoms with Crippen molar-refractivity contribution < 1.29 is 4.79 Å². The molecule has 118 valence electrons. The smallest absolute Gasteiger partial charge is 0.258 e. The molecule has 0 aliphatic rings. The van der Waals surface area contributed by atoms with Crippen molar-refractivity contribution in [1.82, 2.24) is 9.55 Å². The van der Waals surface area contributed by atoms with E-state index >= 15 is 0 Å². The van der Waals surface area contributed by atoms with E-state index in [-0.39, 0.29) is 5.91 Å². The van der Waals surface area contributed by atoms with Crippen LogP contribution in [0.2, 0.25) is 10.0 Å². The second kappa shape index (κ2) is 6.22. The van der Waals surface area contributed by atoms with Crippen LogP contribution in [0.15, 0.2) is 36.7 Å². The number of fused-ring (bicyclic) bond motifs is 1. The minimum absolute atomic E-state index is 0.296. The first kappa shape index (κ1) is 15.8. The zero-order valence-corrected chi connectivity index (χ0v) is 14.2. The number of carbonyl (C=O) groups excluding carboxylic acids is 1. The predicted molar refractivity (Wildman–Crippen MR) is 94.6 cm³/mol. The normalized spacial score (nSPS) is 11.0. The van der Waals surface area contributed by atoms with Gasteiger partial charge in [-0.3, -0.25) is 4.79 Å². The molecule has 0 aliphatic carbocycles. The lowest BCUT2D eigenvalue weighted by Crippen LogP contribution is -2.13. The van der Waals surface area contributed by atoms with E-state index in [4.69, 9.17) is 23.2 Å². The van der Waals surface area contributed by atoms with Crippen molar-refractivity contribution in [3.63, 3.8) is 0 Å². The fourth-order valence-electron chi connectivity index (χ4n) is 2.54. The lowest BCUT2D eigenvalue weighted by molar-refractivity contribution is 0.102. The Morgan fingerprint density at radius 3 is 2.61 bits per heavy atom. The van der Waals surface area contributed by atoms with Crippen molar-refractivity contribution in [3.05, 3.63) is 57.8 Å². The summed E-state index contributed by atoms with van der Waals surface area (Å²) in [4.78, 5) is 16.9. The molecule has 3 rings (SSSR count). The summed E-state index contributed by atoms with van der Waals surface area (Å²) in [6.07, 6.45) is 3.51. The van der Waals surface area contributed by atoms with E-state index in [0.29, 0.717) is 21.3 Å². The summed E-state index contributed by atoms with van der Waals surface area (Å²) < 4.78 is 2.01. The van der Waals surface area contributed by atoms with Gasteiger partial charge in [-0.25, -0.2) is 4.98 Å². The topological polar surface area (TPSA) is 46.9 Å². The summed E-state index contributed by atoms with van der Waals surface area (Å²) in [6, 6.07) is 6.90. The quantitative estimate of drug-likeness (QED) is 0.730. The number of nitrogens with zero attached hydrogens (tertiary/aromatic N) is 2. The van der Waals surface area contributed by atoms with E-state index < -0.39 is 0 Å². The number of carbonyl (C=O) groups is 1. The first-order valence-electron chi connectivity index (χ1n) is 7.22. The van der Waals surface area contributed by atoms with Crippen LogP contribution in [0.1, 0.15) is 22.8 Å². The number of halogens is 2. The molecule has 0 bridgehead atoms. The zero-order chi connectivity index (χ0) is 16.6. The molecule has 4 nitrogen and oxygen atoms in total. The van der Waals surface area contributed by atoms with E-state index in [1.165, 1.54) is 6.20 Å². The van der Waals surface area contributed by atoms with Gasteiger partial charge in [0.1, 0.15) is 5.65 Å². The summed E-state index contributed by atoms with van der Waals surface area (Å²) in [7, 11) is 0. The van der Waals surface area contributed by atoms with E-state index in [2.05, 4.69) is 10.3 Å². The predicted octanol–water partition coefficient (Wildman–Crippen LogP) is 4.92. The number of hydrogen-bond acceptors (Lipinski definition) is 2. The van der Waals surface area contributed by atoms with Crippen molar-refractivity contribution in [2.45, 2.75) is 20.4 Å². The highest BCUT2D eigenvalue weighted by Crippen LogP contribution is 2.30. The van der Waals surface area contributed by atoms with Gasteiger partial charge in [0, 0.05) is 35.0 Å². The van der Waals surface area contributed by atoms with Crippen LogP contribution in [0.3, 0.4) is 0 Å². The van der Waals surface area contributed by atoms with E-state index in [1.54, 1.807) is 24.3 Å². The van der Waals surface area contributed by atoms with Gasteiger partial charge in [-0.05, 0) is 43.7 Å². The third-order valence-electron chi connectivity index (χ3n) is 3.70. The Hall–Kier alpha value is -2.04. The molecule has 0 radical (unpaired) electrons. The summed E-state index contributed by atoms with van der Waals surface area (Å²) in [6.45, 7) is 4.79. The Labute approximate surface area is 144 Å². The number of rotatable bonds is 3. The maximum Gasteiger partial charge on any atom is 0.258 e. The molecule has 0 fully saturated rings. The molecule has 3 aromatic rings. The van der Waals surface area contributed by atoms with Crippen molar-refractivity contribution in [3.8, 4) is 0 Å². The molecule has 0 unspecified atom stereocenters. The Bertz CT molecular complexity index is 885. The van der Waals surface area contributed by atoms with Crippen LogP contribution in [0.4, 0.5) is 5.69 Å². The first-order chi connectivity index (χ1) is 11.0.